The molecule has 1 unspecified atom stereocenters. The van der Waals surface area contributed by atoms with Gasteiger partial charge in [-0.2, -0.15) is 0 Å². The Balaban J connectivity index is 2.57. The summed E-state index contributed by atoms with van der Waals surface area (Å²) in [5, 5.41) is 6.28. The van der Waals surface area contributed by atoms with Gasteiger partial charge in [0, 0.05) is 11.4 Å². The number of nitrogens with zero attached hydrogens (tertiary/aromatic N) is 1. The van der Waals surface area contributed by atoms with E-state index >= 15 is 0 Å². The molecule has 60 valence electrons. The molecule has 1 heterocycles. The number of aromatic nitrogens is 1. The maximum Gasteiger partial charge on any atom is 0.184 e. The maximum absolute atomic E-state index is 5.62. The molecule has 1 aromatic rings. The van der Waals surface area contributed by atoms with Crippen LogP contribution < -0.4 is 5.32 Å². The van der Waals surface area contributed by atoms with Crippen molar-refractivity contribution in [2.75, 3.05) is 5.32 Å². The average molecular weight is 189 g/mol. The van der Waals surface area contributed by atoms with Crippen LogP contribution in [0.2, 0.25) is 5.15 Å². The summed E-state index contributed by atoms with van der Waals surface area (Å²) >= 11 is 7.11. The molecule has 1 aromatic heterocycles. The molecule has 0 aromatic carbocycles. The van der Waals surface area contributed by atoms with Gasteiger partial charge in [-0.25, -0.2) is 4.98 Å². The normalized spacial score (nSPS) is 12.5. The highest BCUT2D eigenvalue weighted by Crippen LogP contribution is 2.19. The number of anilines is 1. The van der Waals surface area contributed by atoms with Gasteiger partial charge >= 0.3 is 0 Å². The van der Waals surface area contributed by atoms with Crippen molar-refractivity contribution in [1.82, 2.24) is 4.98 Å². The predicted molar refractivity (Wildman–Crippen MR) is 50.4 cm³/mol. The van der Waals surface area contributed by atoms with Gasteiger partial charge in [-0.1, -0.05) is 17.7 Å². The van der Waals surface area contributed by atoms with E-state index in [4.69, 9.17) is 11.6 Å². The Morgan fingerprint density at radius 2 is 2.64 bits per heavy atom. The van der Waals surface area contributed by atoms with Crippen LogP contribution in [0.15, 0.2) is 18.0 Å². The zero-order chi connectivity index (χ0) is 8.27. The molecule has 0 saturated carbocycles. The monoisotopic (exact) mass is 188 g/mol. The van der Waals surface area contributed by atoms with E-state index < -0.39 is 0 Å². The summed E-state index contributed by atoms with van der Waals surface area (Å²) in [7, 11) is 0. The number of nitrogens with one attached hydrogen (secondary N) is 1. The standard InChI is InChI=1S/C7H9ClN2S/c1-3-5(2)9-7-10-6(8)4-11-7/h3-5H,1H2,2H3,(H,9,10). The highest BCUT2D eigenvalue weighted by atomic mass is 35.5. The summed E-state index contributed by atoms with van der Waals surface area (Å²) < 4.78 is 0. The topological polar surface area (TPSA) is 24.9 Å². The van der Waals surface area contributed by atoms with Crippen LogP contribution in [0.4, 0.5) is 5.13 Å². The van der Waals surface area contributed by atoms with Crippen LogP contribution in [0.5, 0.6) is 0 Å². The van der Waals surface area contributed by atoms with E-state index in [0.717, 1.165) is 5.13 Å². The van der Waals surface area contributed by atoms with Gasteiger partial charge in [0.25, 0.3) is 0 Å². The van der Waals surface area contributed by atoms with Gasteiger partial charge in [-0.05, 0) is 6.92 Å². The fourth-order valence-corrected chi connectivity index (χ4v) is 1.51. The lowest BCUT2D eigenvalue weighted by atomic mass is 10.3. The third-order valence-electron chi connectivity index (χ3n) is 1.18. The summed E-state index contributed by atoms with van der Waals surface area (Å²) in [6, 6.07) is 0.234. The Kier molecular flexibility index (Phi) is 2.91. The summed E-state index contributed by atoms with van der Waals surface area (Å²) in [4.78, 5) is 4.02. The van der Waals surface area contributed by atoms with E-state index in [9.17, 15) is 0 Å². The molecule has 0 fully saturated rings. The minimum atomic E-state index is 0.234. The van der Waals surface area contributed by atoms with E-state index in [2.05, 4.69) is 16.9 Å². The fraction of sp³-hybridized carbons (Fsp3) is 0.286. The average Bonchev–Trinajstić information content (AvgIpc) is 2.35. The molecule has 1 rings (SSSR count). The van der Waals surface area contributed by atoms with Crippen molar-refractivity contribution in [2.24, 2.45) is 0 Å². The first kappa shape index (κ1) is 8.56. The van der Waals surface area contributed by atoms with Gasteiger partial charge in [-0.15, -0.1) is 17.9 Å². The van der Waals surface area contributed by atoms with Crippen molar-refractivity contribution in [3.8, 4) is 0 Å². The van der Waals surface area contributed by atoms with Crippen molar-refractivity contribution in [3.05, 3.63) is 23.2 Å². The molecule has 2 nitrogen and oxygen atoms in total. The predicted octanol–water partition coefficient (Wildman–Crippen LogP) is 2.78. The van der Waals surface area contributed by atoms with Crippen LogP contribution in [0.1, 0.15) is 6.92 Å². The maximum atomic E-state index is 5.62. The Morgan fingerprint density at radius 1 is 1.91 bits per heavy atom. The zero-order valence-corrected chi connectivity index (χ0v) is 7.75. The van der Waals surface area contributed by atoms with E-state index in [1.165, 1.54) is 11.3 Å². The SMILES string of the molecule is C=CC(C)Nc1nc(Cl)cs1. The molecule has 0 saturated heterocycles. The quantitative estimate of drug-likeness (QED) is 0.738. The van der Waals surface area contributed by atoms with E-state index in [1.807, 2.05) is 13.0 Å². The Labute approximate surface area is 74.9 Å². The first-order valence-corrected chi connectivity index (χ1v) is 4.48. The van der Waals surface area contributed by atoms with Crippen molar-refractivity contribution < 1.29 is 0 Å². The third kappa shape index (κ3) is 2.52. The lowest BCUT2D eigenvalue weighted by molar-refractivity contribution is 0.996. The summed E-state index contributed by atoms with van der Waals surface area (Å²) in [6.07, 6.45) is 1.81. The van der Waals surface area contributed by atoms with Gasteiger partial charge in [-0.3, -0.25) is 0 Å². The second-order valence-electron chi connectivity index (χ2n) is 2.14. The Morgan fingerprint density at radius 3 is 3.09 bits per heavy atom. The molecule has 11 heavy (non-hydrogen) atoms. The smallest absolute Gasteiger partial charge is 0.184 e. The number of hydrogen-bond donors (Lipinski definition) is 1. The summed E-state index contributed by atoms with van der Waals surface area (Å²) in [5.41, 5.74) is 0. The van der Waals surface area contributed by atoms with Crippen LogP contribution in [0.3, 0.4) is 0 Å². The first-order chi connectivity index (χ1) is 5.22. The van der Waals surface area contributed by atoms with Gasteiger partial charge < -0.3 is 5.32 Å². The first-order valence-electron chi connectivity index (χ1n) is 3.22. The highest BCUT2D eigenvalue weighted by molar-refractivity contribution is 7.14. The van der Waals surface area contributed by atoms with Gasteiger partial charge in [0.1, 0.15) is 5.15 Å². The van der Waals surface area contributed by atoms with Crippen molar-refractivity contribution in [3.63, 3.8) is 0 Å². The molecule has 0 spiro atoms. The zero-order valence-electron chi connectivity index (χ0n) is 6.17. The Hall–Kier alpha value is -0.540. The summed E-state index contributed by atoms with van der Waals surface area (Å²) in [6.45, 7) is 5.65. The van der Waals surface area contributed by atoms with Crippen LogP contribution in [-0.2, 0) is 0 Å². The second-order valence-corrected chi connectivity index (χ2v) is 3.39. The van der Waals surface area contributed by atoms with Crippen LogP contribution in [0, 0.1) is 0 Å². The molecule has 0 bridgehead atoms. The lowest BCUT2D eigenvalue weighted by Crippen LogP contribution is -2.10. The van der Waals surface area contributed by atoms with Crippen molar-refractivity contribution in [2.45, 2.75) is 13.0 Å². The highest BCUT2D eigenvalue weighted by Gasteiger charge is 2.00. The minimum absolute atomic E-state index is 0.234. The second kappa shape index (κ2) is 3.74. The molecule has 0 aliphatic carbocycles. The molecular formula is C7H9ClN2S. The number of halogens is 1. The third-order valence-corrected chi connectivity index (χ3v) is 2.28. The van der Waals surface area contributed by atoms with Crippen LogP contribution in [-0.4, -0.2) is 11.0 Å². The molecular weight excluding hydrogens is 180 g/mol. The molecule has 4 heteroatoms. The molecule has 0 aliphatic rings. The summed E-state index contributed by atoms with van der Waals surface area (Å²) in [5.74, 6) is 0. The van der Waals surface area contributed by atoms with Crippen molar-refractivity contribution >= 4 is 28.1 Å². The molecule has 0 aliphatic heterocycles. The largest absolute Gasteiger partial charge is 0.356 e. The van der Waals surface area contributed by atoms with Crippen LogP contribution in [0.25, 0.3) is 0 Å². The molecule has 0 radical (unpaired) electrons. The number of rotatable bonds is 3. The van der Waals surface area contributed by atoms with E-state index in [0.29, 0.717) is 5.15 Å². The van der Waals surface area contributed by atoms with E-state index in [-0.39, 0.29) is 6.04 Å². The minimum Gasteiger partial charge on any atom is -0.356 e. The van der Waals surface area contributed by atoms with Crippen molar-refractivity contribution in [1.29, 1.82) is 0 Å². The molecule has 1 atom stereocenters. The lowest BCUT2D eigenvalue weighted by Gasteiger charge is -2.05. The fourth-order valence-electron chi connectivity index (χ4n) is 0.574. The number of thiazole rings is 1. The Bertz CT molecular complexity index is 246. The van der Waals surface area contributed by atoms with Gasteiger partial charge in [0.05, 0.1) is 0 Å². The number of hydrogen-bond acceptors (Lipinski definition) is 3. The van der Waals surface area contributed by atoms with Gasteiger partial charge in [0.2, 0.25) is 0 Å². The van der Waals surface area contributed by atoms with E-state index in [1.54, 1.807) is 5.38 Å². The van der Waals surface area contributed by atoms with Crippen LogP contribution >= 0.6 is 22.9 Å². The molecule has 0 amide bonds. The van der Waals surface area contributed by atoms with Gasteiger partial charge in [0.15, 0.2) is 5.13 Å². The molecule has 1 N–H and O–H groups in total.